The van der Waals surface area contributed by atoms with Crippen LogP contribution in [0.1, 0.15) is 49.7 Å². The summed E-state index contributed by atoms with van der Waals surface area (Å²) in [4.78, 5) is 6.31. The lowest BCUT2D eigenvalue weighted by Gasteiger charge is -2.06. The first-order chi connectivity index (χ1) is 9.51. The van der Waals surface area contributed by atoms with Crippen LogP contribution in [0, 0.1) is 5.92 Å². The van der Waals surface area contributed by atoms with E-state index in [1.165, 1.54) is 16.1 Å². The minimum absolute atomic E-state index is 0.540. The van der Waals surface area contributed by atoms with E-state index in [9.17, 15) is 0 Å². The highest BCUT2D eigenvalue weighted by Crippen LogP contribution is 2.34. The predicted molar refractivity (Wildman–Crippen MR) is 88.1 cm³/mol. The van der Waals surface area contributed by atoms with Crippen molar-refractivity contribution in [3.63, 3.8) is 0 Å². The van der Waals surface area contributed by atoms with Gasteiger partial charge in [0.15, 0.2) is 0 Å². The highest BCUT2D eigenvalue weighted by atomic mass is 32.1. The summed E-state index contributed by atoms with van der Waals surface area (Å²) in [6, 6.07) is 8.44. The maximum atomic E-state index is 5.65. The van der Waals surface area contributed by atoms with Gasteiger partial charge in [-0.2, -0.15) is 0 Å². The van der Waals surface area contributed by atoms with Gasteiger partial charge in [0, 0.05) is 17.0 Å². The van der Waals surface area contributed by atoms with Crippen LogP contribution in [0.15, 0.2) is 24.3 Å². The summed E-state index contributed by atoms with van der Waals surface area (Å²) in [7, 11) is 0. The monoisotopic (exact) mass is 288 g/mol. The Morgan fingerprint density at radius 3 is 2.25 bits per heavy atom. The third kappa shape index (κ3) is 3.47. The van der Waals surface area contributed by atoms with Gasteiger partial charge in [0.05, 0.1) is 5.69 Å². The molecule has 0 spiro atoms. The zero-order valence-corrected chi connectivity index (χ0v) is 13.6. The maximum Gasteiger partial charge on any atom is 0.123 e. The van der Waals surface area contributed by atoms with Crippen LogP contribution in [-0.4, -0.2) is 4.98 Å². The number of nitrogens with two attached hydrogens (primary N) is 1. The second-order valence-corrected chi connectivity index (χ2v) is 7.01. The number of nitrogens with zero attached hydrogens (tertiary/aromatic N) is 1. The van der Waals surface area contributed by atoms with Crippen molar-refractivity contribution in [3.05, 3.63) is 40.4 Å². The fourth-order valence-electron chi connectivity index (χ4n) is 2.25. The van der Waals surface area contributed by atoms with Crippen molar-refractivity contribution in [2.75, 3.05) is 0 Å². The number of benzene rings is 1. The van der Waals surface area contributed by atoms with Crippen LogP contribution >= 0.6 is 11.3 Å². The van der Waals surface area contributed by atoms with Gasteiger partial charge >= 0.3 is 0 Å². The molecule has 3 heteroatoms. The number of aromatic nitrogens is 1. The maximum absolute atomic E-state index is 5.65. The molecule has 0 aliphatic rings. The van der Waals surface area contributed by atoms with Gasteiger partial charge in [-0.15, -0.1) is 11.3 Å². The Hall–Kier alpha value is -1.19. The van der Waals surface area contributed by atoms with Gasteiger partial charge in [-0.25, -0.2) is 4.98 Å². The SMILES string of the molecule is CC(C)Cc1nc(-c2ccc(CN)cc2)sc1C(C)C. The van der Waals surface area contributed by atoms with Crippen LogP contribution in [0.5, 0.6) is 0 Å². The first-order valence-corrected chi connectivity index (χ1v) is 8.12. The summed E-state index contributed by atoms with van der Waals surface area (Å²) in [5, 5.41) is 1.13. The molecule has 1 heterocycles. The molecule has 0 radical (unpaired) electrons. The first-order valence-electron chi connectivity index (χ1n) is 7.30. The van der Waals surface area contributed by atoms with E-state index in [2.05, 4.69) is 52.0 Å². The van der Waals surface area contributed by atoms with Crippen molar-refractivity contribution in [2.45, 2.75) is 46.6 Å². The summed E-state index contributed by atoms with van der Waals surface area (Å²) in [6.07, 6.45) is 1.06. The molecule has 0 unspecified atom stereocenters. The molecule has 0 fully saturated rings. The molecule has 2 rings (SSSR count). The van der Waals surface area contributed by atoms with Crippen molar-refractivity contribution in [2.24, 2.45) is 11.7 Å². The molecule has 0 amide bonds. The van der Waals surface area contributed by atoms with E-state index >= 15 is 0 Å². The normalized spacial score (nSPS) is 11.6. The van der Waals surface area contributed by atoms with Crippen LogP contribution in [-0.2, 0) is 13.0 Å². The van der Waals surface area contributed by atoms with Gasteiger partial charge in [-0.05, 0) is 23.8 Å². The average Bonchev–Trinajstić information content (AvgIpc) is 2.82. The van der Waals surface area contributed by atoms with Gasteiger partial charge < -0.3 is 5.73 Å². The van der Waals surface area contributed by atoms with Gasteiger partial charge in [0.1, 0.15) is 5.01 Å². The summed E-state index contributed by atoms with van der Waals surface area (Å²) < 4.78 is 0. The average molecular weight is 288 g/mol. The van der Waals surface area contributed by atoms with Crippen LogP contribution < -0.4 is 5.73 Å². The lowest BCUT2D eigenvalue weighted by Crippen LogP contribution is -1.99. The minimum atomic E-state index is 0.540. The van der Waals surface area contributed by atoms with Crippen molar-refractivity contribution >= 4 is 11.3 Å². The lowest BCUT2D eigenvalue weighted by atomic mass is 10.0. The van der Waals surface area contributed by atoms with Gasteiger partial charge in [-0.1, -0.05) is 52.0 Å². The lowest BCUT2D eigenvalue weighted by molar-refractivity contribution is 0.630. The van der Waals surface area contributed by atoms with E-state index in [1.54, 1.807) is 0 Å². The third-order valence-electron chi connectivity index (χ3n) is 3.29. The van der Waals surface area contributed by atoms with E-state index in [0.29, 0.717) is 18.4 Å². The van der Waals surface area contributed by atoms with E-state index in [0.717, 1.165) is 17.0 Å². The predicted octanol–water partition coefficient (Wildman–Crippen LogP) is 4.59. The van der Waals surface area contributed by atoms with Crippen molar-refractivity contribution in [1.82, 2.24) is 4.98 Å². The molecule has 2 aromatic rings. The van der Waals surface area contributed by atoms with Gasteiger partial charge in [0.25, 0.3) is 0 Å². The van der Waals surface area contributed by atoms with Gasteiger partial charge in [0.2, 0.25) is 0 Å². The summed E-state index contributed by atoms with van der Waals surface area (Å²) >= 11 is 1.83. The van der Waals surface area contributed by atoms with E-state index < -0.39 is 0 Å². The Labute approximate surface area is 126 Å². The molecule has 2 N–H and O–H groups in total. The minimum Gasteiger partial charge on any atom is -0.326 e. The molecule has 0 atom stereocenters. The van der Waals surface area contributed by atoms with Crippen LogP contribution in [0.3, 0.4) is 0 Å². The Morgan fingerprint density at radius 2 is 1.75 bits per heavy atom. The molecule has 1 aromatic heterocycles. The molecular weight excluding hydrogens is 264 g/mol. The van der Waals surface area contributed by atoms with Crippen LogP contribution in [0.4, 0.5) is 0 Å². The molecule has 0 saturated heterocycles. The molecule has 1 aromatic carbocycles. The smallest absolute Gasteiger partial charge is 0.123 e. The topological polar surface area (TPSA) is 38.9 Å². The van der Waals surface area contributed by atoms with Crippen LogP contribution in [0.2, 0.25) is 0 Å². The summed E-state index contributed by atoms with van der Waals surface area (Å²) in [5.41, 5.74) is 9.29. The van der Waals surface area contributed by atoms with E-state index in [-0.39, 0.29) is 0 Å². The summed E-state index contributed by atoms with van der Waals surface area (Å²) in [6.45, 7) is 9.59. The van der Waals surface area contributed by atoms with E-state index in [1.807, 2.05) is 11.3 Å². The number of rotatable bonds is 5. The van der Waals surface area contributed by atoms with Crippen molar-refractivity contribution < 1.29 is 0 Å². The second kappa shape index (κ2) is 6.51. The number of hydrogen-bond acceptors (Lipinski definition) is 3. The molecule has 0 aliphatic carbocycles. The first kappa shape index (κ1) is 15.2. The van der Waals surface area contributed by atoms with Gasteiger partial charge in [-0.3, -0.25) is 0 Å². The molecule has 0 aliphatic heterocycles. The van der Waals surface area contributed by atoms with Crippen molar-refractivity contribution in [1.29, 1.82) is 0 Å². The standard InChI is InChI=1S/C17H24N2S/c1-11(2)9-15-16(12(3)4)20-17(19-15)14-7-5-13(10-18)6-8-14/h5-8,11-12H,9-10,18H2,1-4H3. The Balaban J connectivity index is 2.36. The van der Waals surface area contributed by atoms with Crippen molar-refractivity contribution in [3.8, 4) is 10.6 Å². The third-order valence-corrected chi connectivity index (χ3v) is 4.74. The highest BCUT2D eigenvalue weighted by molar-refractivity contribution is 7.15. The largest absolute Gasteiger partial charge is 0.326 e. The fourth-order valence-corrected chi connectivity index (χ4v) is 3.36. The Bertz CT molecular complexity index is 553. The summed E-state index contributed by atoms with van der Waals surface area (Å²) in [5.74, 6) is 1.18. The molecule has 0 bridgehead atoms. The fraction of sp³-hybridized carbons (Fsp3) is 0.471. The molecule has 108 valence electrons. The number of thiazole rings is 1. The Kier molecular flexibility index (Phi) is 4.95. The second-order valence-electron chi connectivity index (χ2n) is 5.98. The zero-order chi connectivity index (χ0) is 14.7. The Morgan fingerprint density at radius 1 is 1.10 bits per heavy atom. The zero-order valence-electron chi connectivity index (χ0n) is 12.8. The van der Waals surface area contributed by atoms with E-state index in [4.69, 9.17) is 10.7 Å². The molecule has 20 heavy (non-hydrogen) atoms. The van der Waals surface area contributed by atoms with Crippen LogP contribution in [0.25, 0.3) is 10.6 Å². The quantitative estimate of drug-likeness (QED) is 0.874. The highest BCUT2D eigenvalue weighted by Gasteiger charge is 2.16. The number of hydrogen-bond donors (Lipinski definition) is 1. The molecule has 2 nitrogen and oxygen atoms in total. The molecular formula is C17H24N2S. The molecule has 0 saturated carbocycles.